The SMILES string of the molecule is CC(C)(C)OC(=O)NCCCCOCCNc1cc(-c2ccnnc2)cc2c1nnn2C1CCCCO1. The van der Waals surface area contributed by atoms with Gasteiger partial charge in [0.25, 0.3) is 0 Å². The van der Waals surface area contributed by atoms with Crippen molar-refractivity contribution in [1.82, 2.24) is 30.5 Å². The van der Waals surface area contributed by atoms with Crippen molar-refractivity contribution in [3.63, 3.8) is 0 Å². The topological polar surface area (TPSA) is 125 Å². The van der Waals surface area contributed by atoms with Crippen molar-refractivity contribution in [2.75, 3.05) is 38.2 Å². The molecular weight excluding hydrogens is 474 g/mol. The van der Waals surface area contributed by atoms with Crippen LogP contribution in [0.25, 0.3) is 22.2 Å². The van der Waals surface area contributed by atoms with Gasteiger partial charge >= 0.3 is 6.09 Å². The van der Waals surface area contributed by atoms with E-state index in [0.29, 0.717) is 26.3 Å². The van der Waals surface area contributed by atoms with Gasteiger partial charge in [-0.15, -0.1) is 5.10 Å². The Balaban J connectivity index is 1.30. The van der Waals surface area contributed by atoms with Crippen LogP contribution in [0.3, 0.4) is 0 Å². The molecule has 1 aliphatic rings. The Kier molecular flexibility index (Phi) is 9.24. The third-order valence-electron chi connectivity index (χ3n) is 5.87. The lowest BCUT2D eigenvalue weighted by molar-refractivity contribution is -0.0377. The molecule has 4 rings (SSSR count). The van der Waals surface area contributed by atoms with Crippen LogP contribution in [0.4, 0.5) is 10.5 Å². The third kappa shape index (κ3) is 7.83. The van der Waals surface area contributed by atoms with Gasteiger partial charge in [0.05, 0.1) is 30.2 Å². The first-order chi connectivity index (χ1) is 17.9. The molecule has 200 valence electrons. The monoisotopic (exact) mass is 511 g/mol. The summed E-state index contributed by atoms with van der Waals surface area (Å²) in [4.78, 5) is 11.7. The predicted molar refractivity (Wildman–Crippen MR) is 140 cm³/mol. The summed E-state index contributed by atoms with van der Waals surface area (Å²) in [5, 5.41) is 23.1. The van der Waals surface area contributed by atoms with Crippen molar-refractivity contribution < 1.29 is 19.0 Å². The molecule has 3 aromatic rings. The summed E-state index contributed by atoms with van der Waals surface area (Å²) in [6.07, 6.45) is 7.71. The number of nitrogens with zero attached hydrogens (tertiary/aromatic N) is 5. The summed E-state index contributed by atoms with van der Waals surface area (Å²) in [5.41, 5.74) is 4.08. The quantitative estimate of drug-likeness (QED) is 0.362. The van der Waals surface area contributed by atoms with E-state index >= 15 is 0 Å². The molecule has 0 aliphatic carbocycles. The van der Waals surface area contributed by atoms with Crippen molar-refractivity contribution in [1.29, 1.82) is 0 Å². The minimum absolute atomic E-state index is 0.106. The first-order valence-corrected chi connectivity index (χ1v) is 13.0. The Morgan fingerprint density at radius 2 is 2.03 bits per heavy atom. The van der Waals surface area contributed by atoms with Crippen molar-refractivity contribution >= 4 is 22.8 Å². The Morgan fingerprint density at radius 1 is 1.14 bits per heavy atom. The fourth-order valence-electron chi connectivity index (χ4n) is 4.13. The molecule has 11 nitrogen and oxygen atoms in total. The first kappa shape index (κ1) is 26.7. The molecular formula is C26H37N7O4. The maximum Gasteiger partial charge on any atom is 0.407 e. The predicted octanol–water partition coefficient (Wildman–Crippen LogP) is 4.32. The molecule has 2 N–H and O–H groups in total. The average Bonchev–Trinajstić information content (AvgIpc) is 3.32. The van der Waals surface area contributed by atoms with E-state index in [0.717, 1.165) is 66.6 Å². The van der Waals surface area contributed by atoms with Crippen LogP contribution in [0.15, 0.2) is 30.6 Å². The van der Waals surface area contributed by atoms with Crippen molar-refractivity contribution in [3.8, 4) is 11.1 Å². The molecule has 0 bridgehead atoms. The van der Waals surface area contributed by atoms with Crippen LogP contribution in [-0.4, -0.2) is 69.8 Å². The van der Waals surface area contributed by atoms with E-state index in [2.05, 4.69) is 43.3 Å². The van der Waals surface area contributed by atoms with Gasteiger partial charge in [-0.2, -0.15) is 10.2 Å². The van der Waals surface area contributed by atoms with Crippen LogP contribution < -0.4 is 10.6 Å². The normalized spacial score (nSPS) is 16.0. The highest BCUT2D eigenvalue weighted by Crippen LogP contribution is 2.32. The fourth-order valence-corrected chi connectivity index (χ4v) is 4.13. The molecule has 1 saturated heterocycles. The standard InChI is InChI=1S/C26H37N7O4/c1-26(2,3)37-25(34)28-10-5-7-13-35-15-12-27-21-16-20(19-9-11-29-30-18-19)17-22-24(21)31-32-33(22)23-8-4-6-14-36-23/h9,11,16-18,23,27H,4-8,10,12-15H2,1-3H3,(H,28,34). The van der Waals surface area contributed by atoms with Gasteiger partial charge in [-0.1, -0.05) is 5.21 Å². The number of hydrogen-bond donors (Lipinski definition) is 2. The lowest BCUT2D eigenvalue weighted by Crippen LogP contribution is -2.33. The second kappa shape index (κ2) is 12.8. The number of aromatic nitrogens is 5. The number of unbranched alkanes of at least 4 members (excludes halogenated alkanes) is 1. The highest BCUT2D eigenvalue weighted by atomic mass is 16.6. The molecule has 0 saturated carbocycles. The first-order valence-electron chi connectivity index (χ1n) is 13.0. The molecule has 2 aromatic heterocycles. The molecule has 1 fully saturated rings. The smallest absolute Gasteiger partial charge is 0.407 e. The molecule has 1 amide bonds. The summed E-state index contributed by atoms with van der Waals surface area (Å²) < 4.78 is 18.9. The maximum absolute atomic E-state index is 11.7. The number of hydrogen-bond acceptors (Lipinski definition) is 9. The number of carbonyl (C=O) groups excluding carboxylic acids is 1. The van der Waals surface area contributed by atoms with Gasteiger partial charge in [0.1, 0.15) is 11.1 Å². The second-order valence-corrected chi connectivity index (χ2v) is 10.1. The second-order valence-electron chi connectivity index (χ2n) is 10.1. The number of rotatable bonds is 11. The van der Waals surface area contributed by atoms with Gasteiger partial charge in [-0.05, 0) is 76.6 Å². The Hall–Kier alpha value is -3.31. The van der Waals surface area contributed by atoms with E-state index in [9.17, 15) is 4.79 Å². The summed E-state index contributed by atoms with van der Waals surface area (Å²) in [7, 11) is 0. The summed E-state index contributed by atoms with van der Waals surface area (Å²) in [5.74, 6) is 0. The molecule has 1 unspecified atom stereocenters. The fraction of sp³-hybridized carbons (Fsp3) is 0.577. The van der Waals surface area contributed by atoms with Crippen LogP contribution >= 0.6 is 0 Å². The zero-order chi connectivity index (χ0) is 26.1. The zero-order valence-electron chi connectivity index (χ0n) is 21.9. The van der Waals surface area contributed by atoms with Gasteiger partial charge in [-0.25, -0.2) is 9.48 Å². The van der Waals surface area contributed by atoms with E-state index in [4.69, 9.17) is 14.2 Å². The lowest BCUT2D eigenvalue weighted by atomic mass is 10.1. The number of carbonyl (C=O) groups is 1. The Morgan fingerprint density at radius 3 is 2.78 bits per heavy atom. The highest BCUT2D eigenvalue weighted by molar-refractivity contribution is 5.92. The summed E-state index contributed by atoms with van der Waals surface area (Å²) in [6.45, 7) is 8.62. The number of anilines is 1. The molecule has 37 heavy (non-hydrogen) atoms. The van der Waals surface area contributed by atoms with E-state index < -0.39 is 5.60 Å². The average molecular weight is 512 g/mol. The van der Waals surface area contributed by atoms with E-state index in [1.54, 1.807) is 12.4 Å². The number of amides is 1. The van der Waals surface area contributed by atoms with Crippen molar-refractivity contribution in [2.24, 2.45) is 0 Å². The zero-order valence-corrected chi connectivity index (χ0v) is 21.9. The van der Waals surface area contributed by atoms with Gasteiger partial charge in [0, 0.05) is 31.9 Å². The van der Waals surface area contributed by atoms with Gasteiger partial charge in [-0.3, -0.25) is 0 Å². The lowest BCUT2D eigenvalue weighted by Gasteiger charge is -2.23. The van der Waals surface area contributed by atoms with Crippen LogP contribution in [0.2, 0.25) is 0 Å². The number of nitrogens with one attached hydrogen (secondary N) is 2. The molecule has 0 spiro atoms. The van der Waals surface area contributed by atoms with E-state index in [1.165, 1.54) is 0 Å². The Labute approximate surface area is 217 Å². The minimum Gasteiger partial charge on any atom is -0.444 e. The Bertz CT molecular complexity index is 1140. The number of benzene rings is 1. The molecule has 0 radical (unpaired) electrons. The molecule has 1 aromatic carbocycles. The van der Waals surface area contributed by atoms with Crippen molar-refractivity contribution in [2.45, 2.75) is 64.7 Å². The van der Waals surface area contributed by atoms with E-state index in [1.807, 2.05) is 31.5 Å². The van der Waals surface area contributed by atoms with Gasteiger partial charge < -0.3 is 24.8 Å². The third-order valence-corrected chi connectivity index (χ3v) is 5.87. The number of alkyl carbamates (subject to hydrolysis) is 1. The summed E-state index contributed by atoms with van der Waals surface area (Å²) in [6, 6.07) is 6.07. The van der Waals surface area contributed by atoms with Crippen molar-refractivity contribution in [3.05, 3.63) is 30.6 Å². The molecule has 1 atom stereocenters. The molecule has 1 aliphatic heterocycles. The van der Waals surface area contributed by atoms with Crippen LogP contribution in [0.1, 0.15) is 59.1 Å². The number of fused-ring (bicyclic) bond motifs is 1. The van der Waals surface area contributed by atoms with E-state index in [-0.39, 0.29) is 12.3 Å². The molecule has 3 heterocycles. The van der Waals surface area contributed by atoms with Gasteiger partial charge in [0.15, 0.2) is 6.23 Å². The molecule has 11 heteroatoms. The van der Waals surface area contributed by atoms with Crippen LogP contribution in [-0.2, 0) is 14.2 Å². The highest BCUT2D eigenvalue weighted by Gasteiger charge is 2.21. The number of ether oxygens (including phenoxy) is 3. The maximum atomic E-state index is 11.7. The largest absolute Gasteiger partial charge is 0.444 e. The van der Waals surface area contributed by atoms with Crippen LogP contribution in [0, 0.1) is 0 Å². The minimum atomic E-state index is -0.488. The van der Waals surface area contributed by atoms with Crippen LogP contribution in [0.5, 0.6) is 0 Å². The van der Waals surface area contributed by atoms with Gasteiger partial charge in [0.2, 0.25) is 0 Å². The summed E-state index contributed by atoms with van der Waals surface area (Å²) >= 11 is 0.